The zero-order valence-corrected chi connectivity index (χ0v) is 21.7. The van der Waals surface area contributed by atoms with Crippen molar-refractivity contribution in [3.8, 4) is 5.75 Å². The van der Waals surface area contributed by atoms with Gasteiger partial charge >= 0.3 is 0 Å². The van der Waals surface area contributed by atoms with Crippen LogP contribution in [0, 0.1) is 0 Å². The fourth-order valence-corrected chi connectivity index (χ4v) is 4.39. The number of hydrogen-bond donors (Lipinski definition) is 1. The van der Waals surface area contributed by atoms with Crippen molar-refractivity contribution >= 4 is 50.9 Å². The van der Waals surface area contributed by atoms with Crippen molar-refractivity contribution in [1.82, 2.24) is 10.2 Å². The van der Waals surface area contributed by atoms with Gasteiger partial charge in [0, 0.05) is 29.0 Å². The molecule has 0 fully saturated rings. The number of benzene rings is 3. The van der Waals surface area contributed by atoms with Crippen LogP contribution >= 0.6 is 39.1 Å². The molecule has 8 heteroatoms. The average Bonchev–Trinajstić information content (AvgIpc) is 2.82. The maximum absolute atomic E-state index is 13.5. The number of halogens is 3. The van der Waals surface area contributed by atoms with E-state index in [0.29, 0.717) is 28.8 Å². The van der Waals surface area contributed by atoms with Gasteiger partial charge < -0.3 is 15.0 Å². The Morgan fingerprint density at radius 1 is 1.00 bits per heavy atom. The van der Waals surface area contributed by atoms with Crippen molar-refractivity contribution in [3.63, 3.8) is 0 Å². The third-order valence-corrected chi connectivity index (χ3v) is 6.32. The van der Waals surface area contributed by atoms with Gasteiger partial charge in [-0.15, -0.1) is 0 Å². The molecule has 1 N–H and O–H groups in total. The average molecular weight is 564 g/mol. The van der Waals surface area contributed by atoms with Gasteiger partial charge in [-0.3, -0.25) is 9.59 Å². The van der Waals surface area contributed by atoms with Crippen molar-refractivity contribution < 1.29 is 14.3 Å². The summed E-state index contributed by atoms with van der Waals surface area (Å²) in [5.74, 6) is -0.215. The van der Waals surface area contributed by atoms with Gasteiger partial charge in [-0.2, -0.15) is 0 Å². The van der Waals surface area contributed by atoms with Crippen molar-refractivity contribution in [1.29, 1.82) is 0 Å². The minimum Gasteiger partial charge on any atom is -0.482 e. The van der Waals surface area contributed by atoms with Crippen LogP contribution in [0.2, 0.25) is 10.0 Å². The molecule has 0 spiro atoms. The number of rotatable bonds is 10. The normalized spacial score (nSPS) is 11.5. The molecular weight excluding hydrogens is 539 g/mol. The summed E-state index contributed by atoms with van der Waals surface area (Å²) in [6, 6.07) is 21.3. The molecule has 0 aliphatic rings. The smallest absolute Gasteiger partial charge is 0.261 e. The molecule has 0 unspecified atom stereocenters. The largest absolute Gasteiger partial charge is 0.482 e. The summed E-state index contributed by atoms with van der Waals surface area (Å²) in [7, 11) is 0. The lowest BCUT2D eigenvalue weighted by molar-refractivity contribution is -0.142. The van der Waals surface area contributed by atoms with Gasteiger partial charge in [0.15, 0.2) is 6.61 Å². The summed E-state index contributed by atoms with van der Waals surface area (Å²) in [5, 5.41) is 3.76. The van der Waals surface area contributed by atoms with E-state index in [2.05, 4.69) is 21.2 Å². The van der Waals surface area contributed by atoms with Gasteiger partial charge in [0.1, 0.15) is 11.8 Å². The standard InChI is InChI=1S/C26H25BrCl2N2O3/c1-2-30-26(33)23(14-18-8-4-3-5-9-18)31(16-19-10-6-7-11-21(19)28)25(32)17-34-24-13-12-20(27)15-22(24)29/h3-13,15,23H,2,14,16-17H2,1H3,(H,30,33)/t23-/m1/s1. The summed E-state index contributed by atoms with van der Waals surface area (Å²) in [4.78, 5) is 28.1. The third-order valence-electron chi connectivity index (χ3n) is 5.17. The maximum Gasteiger partial charge on any atom is 0.261 e. The van der Waals surface area contributed by atoms with Gasteiger partial charge in [0.05, 0.1) is 5.02 Å². The van der Waals surface area contributed by atoms with Crippen molar-refractivity contribution in [2.75, 3.05) is 13.2 Å². The SMILES string of the molecule is CCNC(=O)[C@@H](Cc1ccccc1)N(Cc1ccccc1Cl)C(=O)COc1ccc(Br)cc1Cl. The molecule has 0 aliphatic carbocycles. The van der Waals surface area contributed by atoms with Crippen molar-refractivity contribution in [3.05, 3.63) is 98.4 Å². The van der Waals surface area contributed by atoms with E-state index in [0.717, 1.165) is 15.6 Å². The lowest BCUT2D eigenvalue weighted by Gasteiger charge is -2.31. The Hall–Kier alpha value is -2.54. The highest BCUT2D eigenvalue weighted by atomic mass is 79.9. The minimum absolute atomic E-state index is 0.157. The van der Waals surface area contributed by atoms with Crippen LogP contribution in [-0.4, -0.2) is 35.9 Å². The molecular formula is C26H25BrCl2N2O3. The molecule has 5 nitrogen and oxygen atoms in total. The summed E-state index contributed by atoms with van der Waals surface area (Å²) < 4.78 is 6.54. The molecule has 178 valence electrons. The number of nitrogens with zero attached hydrogens (tertiary/aromatic N) is 1. The molecule has 3 aromatic carbocycles. The molecule has 1 atom stereocenters. The Kier molecular flexibility index (Phi) is 9.81. The van der Waals surface area contributed by atoms with Crippen molar-refractivity contribution in [2.45, 2.75) is 25.9 Å². The zero-order chi connectivity index (χ0) is 24.5. The van der Waals surface area contributed by atoms with Gasteiger partial charge in [0.25, 0.3) is 5.91 Å². The number of carbonyl (C=O) groups is 2. The first-order chi connectivity index (χ1) is 16.4. The molecule has 0 heterocycles. The highest BCUT2D eigenvalue weighted by Crippen LogP contribution is 2.28. The van der Waals surface area contributed by atoms with Crippen LogP contribution in [0.1, 0.15) is 18.1 Å². The zero-order valence-electron chi connectivity index (χ0n) is 18.6. The first-order valence-electron chi connectivity index (χ1n) is 10.8. The summed E-state index contributed by atoms with van der Waals surface area (Å²) >= 11 is 16.0. The Labute approximate surface area is 218 Å². The highest BCUT2D eigenvalue weighted by molar-refractivity contribution is 9.10. The fourth-order valence-electron chi connectivity index (χ4n) is 3.47. The minimum atomic E-state index is -0.755. The first-order valence-corrected chi connectivity index (χ1v) is 12.4. The number of amides is 2. The van der Waals surface area contributed by atoms with E-state index in [9.17, 15) is 9.59 Å². The molecule has 0 radical (unpaired) electrons. The van der Waals surface area contributed by atoms with Gasteiger partial charge in [-0.05, 0) is 42.3 Å². The second kappa shape index (κ2) is 12.8. The molecule has 0 bridgehead atoms. The van der Waals surface area contributed by atoms with Gasteiger partial charge in [0.2, 0.25) is 5.91 Å². The predicted molar refractivity (Wildman–Crippen MR) is 139 cm³/mol. The van der Waals surface area contributed by atoms with Crippen LogP contribution in [-0.2, 0) is 22.6 Å². The van der Waals surface area contributed by atoms with E-state index in [1.807, 2.05) is 55.5 Å². The summed E-state index contributed by atoms with van der Waals surface area (Å²) in [5.41, 5.74) is 1.68. The number of nitrogens with one attached hydrogen (secondary N) is 1. The fraction of sp³-hybridized carbons (Fsp3) is 0.231. The quantitative estimate of drug-likeness (QED) is 0.333. The third kappa shape index (κ3) is 7.23. The van der Waals surface area contributed by atoms with E-state index in [1.54, 1.807) is 24.3 Å². The Bertz CT molecular complexity index is 1130. The molecule has 3 rings (SSSR count). The van der Waals surface area contributed by atoms with Gasteiger partial charge in [-0.25, -0.2) is 0 Å². The summed E-state index contributed by atoms with van der Waals surface area (Å²) in [6.07, 6.45) is 0.349. The van der Waals surface area contributed by atoms with E-state index in [4.69, 9.17) is 27.9 Å². The van der Waals surface area contributed by atoms with Crippen LogP contribution in [0.5, 0.6) is 5.75 Å². The van der Waals surface area contributed by atoms with Crippen LogP contribution in [0.4, 0.5) is 0 Å². The topological polar surface area (TPSA) is 58.6 Å². The molecule has 0 saturated heterocycles. The first kappa shape index (κ1) is 26.1. The molecule has 0 saturated carbocycles. The van der Waals surface area contributed by atoms with Gasteiger partial charge in [-0.1, -0.05) is 87.7 Å². The lowest BCUT2D eigenvalue weighted by atomic mass is 10.0. The molecule has 34 heavy (non-hydrogen) atoms. The second-order valence-electron chi connectivity index (χ2n) is 7.58. The molecule has 0 aromatic heterocycles. The molecule has 0 aliphatic heterocycles. The maximum atomic E-state index is 13.5. The summed E-state index contributed by atoms with van der Waals surface area (Å²) in [6.45, 7) is 2.17. The van der Waals surface area contributed by atoms with Crippen LogP contribution in [0.15, 0.2) is 77.3 Å². The number of likely N-dealkylation sites (N-methyl/N-ethyl adjacent to an activating group) is 1. The van der Waals surface area contributed by atoms with E-state index < -0.39 is 6.04 Å². The van der Waals surface area contributed by atoms with E-state index in [1.165, 1.54) is 4.90 Å². The lowest BCUT2D eigenvalue weighted by Crippen LogP contribution is -2.51. The molecule has 2 amide bonds. The Morgan fingerprint density at radius 2 is 1.71 bits per heavy atom. The number of ether oxygens (including phenoxy) is 1. The van der Waals surface area contributed by atoms with Crippen molar-refractivity contribution in [2.24, 2.45) is 0 Å². The predicted octanol–water partition coefficient (Wildman–Crippen LogP) is 5.91. The Balaban J connectivity index is 1.91. The number of carbonyl (C=O) groups excluding carboxylic acids is 2. The van der Waals surface area contributed by atoms with Crippen LogP contribution in [0.25, 0.3) is 0 Å². The molecule has 3 aromatic rings. The van der Waals surface area contributed by atoms with Crippen LogP contribution < -0.4 is 10.1 Å². The van der Waals surface area contributed by atoms with Crippen LogP contribution in [0.3, 0.4) is 0 Å². The van der Waals surface area contributed by atoms with E-state index >= 15 is 0 Å². The number of hydrogen-bond acceptors (Lipinski definition) is 3. The monoisotopic (exact) mass is 562 g/mol. The Morgan fingerprint density at radius 3 is 2.38 bits per heavy atom. The van der Waals surface area contributed by atoms with E-state index in [-0.39, 0.29) is 25.0 Å². The highest BCUT2D eigenvalue weighted by Gasteiger charge is 2.31. The second-order valence-corrected chi connectivity index (χ2v) is 9.31.